The molecule has 0 aliphatic heterocycles. The Labute approximate surface area is 119 Å². The summed E-state index contributed by atoms with van der Waals surface area (Å²) in [4.78, 5) is 17.1. The maximum absolute atomic E-state index is 10.5. The van der Waals surface area contributed by atoms with Gasteiger partial charge in [-0.1, -0.05) is 0 Å². The van der Waals surface area contributed by atoms with Crippen molar-refractivity contribution in [3.05, 3.63) is 29.5 Å². The molecule has 0 spiro atoms. The summed E-state index contributed by atoms with van der Waals surface area (Å²) in [6.45, 7) is 9.06. The third-order valence-corrected chi connectivity index (χ3v) is 2.88. The first-order valence-corrected chi connectivity index (χ1v) is 6.78. The molecule has 1 heterocycles. The standard InChI is InChI=1S/C15H22N2O3/c1-4-17(8-9-20-5-2)15-12(3)10-13(11-16-15)6-7-14(18)19/h6-7,10-11H,4-5,8-9H2,1-3H3,(H,18,19)/b7-6+. The van der Waals surface area contributed by atoms with Gasteiger partial charge in [0.1, 0.15) is 5.82 Å². The minimum atomic E-state index is -0.960. The first-order chi connectivity index (χ1) is 9.58. The van der Waals surface area contributed by atoms with Gasteiger partial charge in [0.05, 0.1) is 6.61 Å². The number of hydrogen-bond donors (Lipinski definition) is 1. The van der Waals surface area contributed by atoms with E-state index in [1.54, 1.807) is 12.3 Å². The number of carboxylic acid groups (broad SMARTS) is 1. The van der Waals surface area contributed by atoms with Crippen molar-refractivity contribution in [1.82, 2.24) is 4.98 Å². The summed E-state index contributed by atoms with van der Waals surface area (Å²) in [5, 5.41) is 8.62. The number of aromatic nitrogens is 1. The van der Waals surface area contributed by atoms with Crippen molar-refractivity contribution >= 4 is 17.9 Å². The van der Waals surface area contributed by atoms with Gasteiger partial charge in [-0.25, -0.2) is 9.78 Å². The van der Waals surface area contributed by atoms with Crippen LogP contribution in [0.3, 0.4) is 0 Å². The molecule has 0 fully saturated rings. The number of carboxylic acids is 1. The van der Waals surface area contributed by atoms with E-state index in [0.717, 1.165) is 36.1 Å². The number of rotatable bonds is 8. The number of ether oxygens (including phenoxy) is 1. The normalized spacial score (nSPS) is 10.9. The summed E-state index contributed by atoms with van der Waals surface area (Å²) < 4.78 is 5.37. The van der Waals surface area contributed by atoms with Crippen LogP contribution in [0, 0.1) is 6.92 Å². The van der Waals surface area contributed by atoms with E-state index < -0.39 is 5.97 Å². The third-order valence-electron chi connectivity index (χ3n) is 2.88. The minimum absolute atomic E-state index is 0.673. The van der Waals surface area contributed by atoms with Gasteiger partial charge in [-0.3, -0.25) is 0 Å². The molecule has 1 aromatic rings. The fourth-order valence-corrected chi connectivity index (χ4v) is 1.91. The van der Waals surface area contributed by atoms with Gasteiger partial charge in [0, 0.05) is 32.0 Å². The average Bonchev–Trinajstić information content (AvgIpc) is 2.42. The lowest BCUT2D eigenvalue weighted by atomic mass is 10.2. The average molecular weight is 278 g/mol. The minimum Gasteiger partial charge on any atom is -0.478 e. The molecule has 5 nitrogen and oxygen atoms in total. The zero-order chi connectivity index (χ0) is 15.0. The number of aryl methyl sites for hydroxylation is 1. The molecule has 20 heavy (non-hydrogen) atoms. The van der Waals surface area contributed by atoms with Gasteiger partial charge in [0.25, 0.3) is 0 Å². The van der Waals surface area contributed by atoms with Crippen LogP contribution >= 0.6 is 0 Å². The third kappa shape index (κ3) is 5.01. The molecule has 0 unspecified atom stereocenters. The van der Waals surface area contributed by atoms with Crippen LogP contribution in [0.5, 0.6) is 0 Å². The summed E-state index contributed by atoms with van der Waals surface area (Å²) in [6, 6.07) is 1.94. The lowest BCUT2D eigenvalue weighted by molar-refractivity contribution is -0.131. The number of aliphatic carboxylic acids is 1. The molecule has 0 radical (unpaired) electrons. The largest absolute Gasteiger partial charge is 0.478 e. The SMILES string of the molecule is CCOCCN(CC)c1ncc(/C=C/C(=O)O)cc1C. The Morgan fingerprint density at radius 3 is 2.80 bits per heavy atom. The molecule has 0 amide bonds. The summed E-state index contributed by atoms with van der Waals surface area (Å²) in [5.74, 6) is -0.0432. The maximum atomic E-state index is 10.5. The summed E-state index contributed by atoms with van der Waals surface area (Å²) in [7, 11) is 0. The highest BCUT2D eigenvalue weighted by molar-refractivity contribution is 5.85. The van der Waals surface area contributed by atoms with Gasteiger partial charge in [0.15, 0.2) is 0 Å². The predicted octanol–water partition coefficient (Wildman–Crippen LogP) is 2.35. The van der Waals surface area contributed by atoms with Crippen LogP contribution in [0.4, 0.5) is 5.82 Å². The Morgan fingerprint density at radius 2 is 2.25 bits per heavy atom. The molecule has 110 valence electrons. The van der Waals surface area contributed by atoms with Crippen molar-refractivity contribution < 1.29 is 14.6 Å². The maximum Gasteiger partial charge on any atom is 0.328 e. The van der Waals surface area contributed by atoms with Crippen LogP contribution in [0.15, 0.2) is 18.3 Å². The molecule has 5 heteroatoms. The van der Waals surface area contributed by atoms with Gasteiger partial charge in [0.2, 0.25) is 0 Å². The van der Waals surface area contributed by atoms with E-state index in [1.807, 2.05) is 19.9 Å². The number of hydrogen-bond acceptors (Lipinski definition) is 4. The second-order valence-corrected chi connectivity index (χ2v) is 4.36. The molecule has 0 aliphatic carbocycles. The lowest BCUT2D eigenvalue weighted by Gasteiger charge is -2.23. The Balaban J connectivity index is 2.82. The lowest BCUT2D eigenvalue weighted by Crippen LogP contribution is -2.28. The number of pyridine rings is 1. The van der Waals surface area contributed by atoms with Crippen LogP contribution < -0.4 is 4.90 Å². The molecule has 1 aromatic heterocycles. The molecule has 0 saturated carbocycles. The smallest absolute Gasteiger partial charge is 0.328 e. The Bertz CT molecular complexity index is 472. The van der Waals surface area contributed by atoms with Crippen LogP contribution in [0.25, 0.3) is 6.08 Å². The van der Waals surface area contributed by atoms with Crippen LogP contribution in [0.1, 0.15) is 25.0 Å². The van der Waals surface area contributed by atoms with Crippen molar-refractivity contribution in [2.45, 2.75) is 20.8 Å². The zero-order valence-electron chi connectivity index (χ0n) is 12.3. The number of anilines is 1. The first kappa shape index (κ1) is 16.2. The van der Waals surface area contributed by atoms with E-state index in [0.29, 0.717) is 13.2 Å². The summed E-state index contributed by atoms with van der Waals surface area (Å²) >= 11 is 0. The fourth-order valence-electron chi connectivity index (χ4n) is 1.91. The van der Waals surface area contributed by atoms with Crippen LogP contribution in [0.2, 0.25) is 0 Å². The highest BCUT2D eigenvalue weighted by atomic mass is 16.5. The molecule has 0 aliphatic rings. The van der Waals surface area contributed by atoms with E-state index in [-0.39, 0.29) is 0 Å². The van der Waals surface area contributed by atoms with E-state index in [9.17, 15) is 4.79 Å². The van der Waals surface area contributed by atoms with Crippen molar-refractivity contribution in [1.29, 1.82) is 0 Å². The molecule has 0 bridgehead atoms. The Hall–Kier alpha value is -1.88. The van der Waals surface area contributed by atoms with Crippen molar-refractivity contribution in [3.8, 4) is 0 Å². The van der Waals surface area contributed by atoms with Gasteiger partial charge in [-0.15, -0.1) is 0 Å². The number of carbonyl (C=O) groups is 1. The van der Waals surface area contributed by atoms with E-state index in [2.05, 4.69) is 16.8 Å². The molecular weight excluding hydrogens is 256 g/mol. The topological polar surface area (TPSA) is 62.7 Å². The van der Waals surface area contributed by atoms with Crippen molar-refractivity contribution in [2.75, 3.05) is 31.2 Å². The van der Waals surface area contributed by atoms with E-state index >= 15 is 0 Å². The first-order valence-electron chi connectivity index (χ1n) is 6.78. The quantitative estimate of drug-likeness (QED) is 0.584. The van der Waals surface area contributed by atoms with Crippen LogP contribution in [-0.2, 0) is 9.53 Å². The predicted molar refractivity (Wildman–Crippen MR) is 80.0 cm³/mol. The van der Waals surface area contributed by atoms with Crippen molar-refractivity contribution in [3.63, 3.8) is 0 Å². The van der Waals surface area contributed by atoms with Gasteiger partial charge in [-0.2, -0.15) is 0 Å². The highest BCUT2D eigenvalue weighted by Gasteiger charge is 2.09. The number of nitrogens with zero attached hydrogens (tertiary/aromatic N) is 2. The second-order valence-electron chi connectivity index (χ2n) is 4.36. The Morgan fingerprint density at radius 1 is 1.50 bits per heavy atom. The van der Waals surface area contributed by atoms with Crippen molar-refractivity contribution in [2.24, 2.45) is 0 Å². The summed E-state index contributed by atoms with van der Waals surface area (Å²) in [6.07, 6.45) is 4.34. The molecule has 1 rings (SSSR count). The second kappa shape index (κ2) is 8.32. The van der Waals surface area contributed by atoms with E-state index in [4.69, 9.17) is 9.84 Å². The van der Waals surface area contributed by atoms with Gasteiger partial charge < -0.3 is 14.7 Å². The molecular formula is C15H22N2O3. The van der Waals surface area contributed by atoms with Crippen LogP contribution in [-0.4, -0.2) is 42.4 Å². The molecule has 0 atom stereocenters. The zero-order valence-corrected chi connectivity index (χ0v) is 12.3. The van der Waals surface area contributed by atoms with E-state index in [1.165, 1.54) is 0 Å². The molecule has 0 saturated heterocycles. The van der Waals surface area contributed by atoms with Gasteiger partial charge in [-0.05, 0) is 44.0 Å². The highest BCUT2D eigenvalue weighted by Crippen LogP contribution is 2.18. The Kier molecular flexibility index (Phi) is 6.73. The van der Waals surface area contributed by atoms with Gasteiger partial charge >= 0.3 is 5.97 Å². The molecule has 1 N–H and O–H groups in total. The molecule has 0 aromatic carbocycles. The summed E-state index contributed by atoms with van der Waals surface area (Å²) in [5.41, 5.74) is 1.81. The number of likely N-dealkylation sites (N-methyl/N-ethyl adjacent to an activating group) is 1. The monoisotopic (exact) mass is 278 g/mol. The fraction of sp³-hybridized carbons (Fsp3) is 0.467.